The minimum atomic E-state index is -0.370. The molecular weight excluding hydrogens is 337 g/mol. The van der Waals surface area contributed by atoms with E-state index in [1.807, 2.05) is 0 Å². The van der Waals surface area contributed by atoms with Crippen LogP contribution in [-0.2, 0) is 6.54 Å². The Morgan fingerprint density at radius 3 is 2.61 bits per heavy atom. The number of benzene rings is 1. The highest BCUT2D eigenvalue weighted by Gasteiger charge is 2.13. The number of halogens is 2. The maximum atomic E-state index is 12.1. The molecule has 0 atom stereocenters. The van der Waals surface area contributed by atoms with E-state index in [9.17, 15) is 4.79 Å². The number of aromatic nitrogens is 4. The molecule has 0 saturated carbocycles. The van der Waals surface area contributed by atoms with Crippen LogP contribution >= 0.6 is 23.2 Å². The predicted octanol–water partition coefficient (Wildman–Crippen LogP) is 3.28. The standard InChI is InChI=1S/C15H11Cl2N5O/c16-11-2-1-3-12(17)10(11)9-22-14(4-5-20-22)21-15(23)13-8-18-6-7-19-13/h1-8H,9H2,(H,21,23). The lowest BCUT2D eigenvalue weighted by Gasteiger charge is -2.11. The Balaban J connectivity index is 1.82. The zero-order valence-corrected chi connectivity index (χ0v) is 13.3. The summed E-state index contributed by atoms with van der Waals surface area (Å²) in [5.74, 6) is 0.141. The second-order valence-corrected chi connectivity index (χ2v) is 5.43. The molecule has 1 aromatic carbocycles. The maximum Gasteiger partial charge on any atom is 0.277 e. The van der Waals surface area contributed by atoms with Crippen LogP contribution in [0.5, 0.6) is 0 Å². The van der Waals surface area contributed by atoms with Crippen molar-refractivity contribution in [2.24, 2.45) is 0 Å². The first-order valence-corrected chi connectivity index (χ1v) is 7.43. The first kappa shape index (κ1) is 15.5. The number of anilines is 1. The van der Waals surface area contributed by atoms with Gasteiger partial charge < -0.3 is 5.32 Å². The topological polar surface area (TPSA) is 72.7 Å². The Bertz CT molecular complexity index is 815. The average Bonchev–Trinajstić information content (AvgIpc) is 2.99. The molecule has 116 valence electrons. The number of hydrogen-bond donors (Lipinski definition) is 1. The average molecular weight is 348 g/mol. The van der Waals surface area contributed by atoms with Gasteiger partial charge in [0.25, 0.3) is 5.91 Å². The summed E-state index contributed by atoms with van der Waals surface area (Å²) in [5.41, 5.74) is 0.950. The zero-order chi connectivity index (χ0) is 16.2. The molecule has 3 aromatic rings. The number of nitrogens with zero attached hydrogens (tertiary/aromatic N) is 4. The smallest absolute Gasteiger partial charge is 0.277 e. The molecule has 6 nitrogen and oxygen atoms in total. The molecule has 2 heterocycles. The summed E-state index contributed by atoms with van der Waals surface area (Å²) >= 11 is 12.3. The van der Waals surface area contributed by atoms with Gasteiger partial charge in [-0.05, 0) is 12.1 Å². The summed E-state index contributed by atoms with van der Waals surface area (Å²) in [5, 5.41) is 8.01. The van der Waals surface area contributed by atoms with E-state index in [1.54, 1.807) is 35.1 Å². The molecular formula is C15H11Cl2N5O. The number of carbonyl (C=O) groups excluding carboxylic acids is 1. The van der Waals surface area contributed by atoms with Crippen molar-refractivity contribution >= 4 is 34.9 Å². The van der Waals surface area contributed by atoms with Crippen LogP contribution in [0.3, 0.4) is 0 Å². The molecule has 1 N–H and O–H groups in total. The Kier molecular flexibility index (Phi) is 4.55. The highest BCUT2D eigenvalue weighted by molar-refractivity contribution is 6.36. The minimum Gasteiger partial charge on any atom is -0.305 e. The molecule has 0 aliphatic heterocycles. The van der Waals surface area contributed by atoms with Crippen LogP contribution in [0.15, 0.2) is 49.1 Å². The van der Waals surface area contributed by atoms with Gasteiger partial charge in [-0.3, -0.25) is 9.78 Å². The van der Waals surface area contributed by atoms with E-state index in [-0.39, 0.29) is 11.6 Å². The summed E-state index contributed by atoms with van der Waals surface area (Å²) in [6.45, 7) is 0.335. The number of nitrogens with one attached hydrogen (secondary N) is 1. The van der Waals surface area contributed by atoms with Gasteiger partial charge >= 0.3 is 0 Å². The third kappa shape index (κ3) is 3.49. The monoisotopic (exact) mass is 347 g/mol. The second kappa shape index (κ2) is 6.76. The normalized spacial score (nSPS) is 10.5. The van der Waals surface area contributed by atoms with E-state index in [1.165, 1.54) is 18.6 Å². The van der Waals surface area contributed by atoms with Gasteiger partial charge in [0, 0.05) is 34.1 Å². The molecule has 0 aliphatic carbocycles. The number of rotatable bonds is 4. The SMILES string of the molecule is O=C(Nc1ccnn1Cc1c(Cl)cccc1Cl)c1cnccn1. The molecule has 0 fully saturated rings. The highest BCUT2D eigenvalue weighted by atomic mass is 35.5. The summed E-state index contributed by atoms with van der Waals surface area (Å²) in [4.78, 5) is 20.0. The summed E-state index contributed by atoms with van der Waals surface area (Å²) < 4.78 is 1.60. The largest absolute Gasteiger partial charge is 0.305 e. The Morgan fingerprint density at radius 1 is 1.13 bits per heavy atom. The Labute approximate surface area is 142 Å². The molecule has 0 spiro atoms. The summed E-state index contributed by atoms with van der Waals surface area (Å²) in [6.07, 6.45) is 5.92. The van der Waals surface area contributed by atoms with E-state index >= 15 is 0 Å². The van der Waals surface area contributed by atoms with Gasteiger partial charge in [-0.15, -0.1) is 0 Å². The van der Waals surface area contributed by atoms with Gasteiger partial charge in [0.05, 0.1) is 18.9 Å². The van der Waals surface area contributed by atoms with Crippen molar-refractivity contribution < 1.29 is 4.79 Å². The van der Waals surface area contributed by atoms with Crippen LogP contribution in [-0.4, -0.2) is 25.7 Å². The molecule has 8 heteroatoms. The van der Waals surface area contributed by atoms with Crippen molar-refractivity contribution in [3.8, 4) is 0 Å². The van der Waals surface area contributed by atoms with Gasteiger partial charge in [-0.2, -0.15) is 5.10 Å². The lowest BCUT2D eigenvalue weighted by molar-refractivity contribution is 0.102. The third-order valence-corrected chi connectivity index (χ3v) is 3.83. The van der Waals surface area contributed by atoms with Crippen molar-refractivity contribution in [1.29, 1.82) is 0 Å². The second-order valence-electron chi connectivity index (χ2n) is 4.62. The fourth-order valence-corrected chi connectivity index (χ4v) is 2.51. The predicted molar refractivity (Wildman–Crippen MR) is 87.8 cm³/mol. The van der Waals surface area contributed by atoms with Crippen LogP contribution in [0.2, 0.25) is 10.0 Å². The first-order chi connectivity index (χ1) is 11.1. The maximum absolute atomic E-state index is 12.1. The van der Waals surface area contributed by atoms with E-state index in [0.29, 0.717) is 22.4 Å². The molecule has 0 saturated heterocycles. The number of amides is 1. The summed E-state index contributed by atoms with van der Waals surface area (Å²) in [6, 6.07) is 6.96. The van der Waals surface area contributed by atoms with Crippen molar-refractivity contribution in [2.75, 3.05) is 5.32 Å². The van der Waals surface area contributed by atoms with Crippen molar-refractivity contribution in [1.82, 2.24) is 19.7 Å². The number of hydrogen-bond acceptors (Lipinski definition) is 4. The molecule has 3 rings (SSSR count). The molecule has 1 amide bonds. The minimum absolute atomic E-state index is 0.219. The van der Waals surface area contributed by atoms with Gasteiger partial charge in [-0.25, -0.2) is 9.67 Å². The summed E-state index contributed by atoms with van der Waals surface area (Å²) in [7, 11) is 0. The van der Waals surface area contributed by atoms with Crippen LogP contribution < -0.4 is 5.32 Å². The highest BCUT2D eigenvalue weighted by Crippen LogP contribution is 2.26. The van der Waals surface area contributed by atoms with Gasteiger partial charge in [0.15, 0.2) is 0 Å². The van der Waals surface area contributed by atoms with Gasteiger partial charge in [0.2, 0.25) is 0 Å². The van der Waals surface area contributed by atoms with E-state index in [2.05, 4.69) is 20.4 Å². The lowest BCUT2D eigenvalue weighted by Crippen LogP contribution is -2.17. The van der Waals surface area contributed by atoms with E-state index in [4.69, 9.17) is 23.2 Å². The van der Waals surface area contributed by atoms with Crippen molar-refractivity contribution in [2.45, 2.75) is 6.54 Å². The van der Waals surface area contributed by atoms with Gasteiger partial charge in [-0.1, -0.05) is 29.3 Å². The molecule has 2 aromatic heterocycles. The Hall–Kier alpha value is -2.44. The van der Waals surface area contributed by atoms with Crippen LogP contribution in [0.25, 0.3) is 0 Å². The van der Waals surface area contributed by atoms with Crippen LogP contribution in [0, 0.1) is 0 Å². The first-order valence-electron chi connectivity index (χ1n) is 6.67. The zero-order valence-electron chi connectivity index (χ0n) is 11.8. The van der Waals surface area contributed by atoms with Crippen LogP contribution in [0.4, 0.5) is 5.82 Å². The number of carbonyl (C=O) groups is 1. The lowest BCUT2D eigenvalue weighted by atomic mass is 10.2. The van der Waals surface area contributed by atoms with Crippen molar-refractivity contribution in [3.63, 3.8) is 0 Å². The van der Waals surface area contributed by atoms with E-state index < -0.39 is 0 Å². The Morgan fingerprint density at radius 2 is 1.91 bits per heavy atom. The van der Waals surface area contributed by atoms with Crippen LogP contribution in [0.1, 0.15) is 16.1 Å². The molecule has 0 radical (unpaired) electrons. The quantitative estimate of drug-likeness (QED) is 0.785. The molecule has 0 bridgehead atoms. The third-order valence-electron chi connectivity index (χ3n) is 3.12. The fraction of sp³-hybridized carbons (Fsp3) is 0.0667. The molecule has 23 heavy (non-hydrogen) atoms. The molecule has 0 aliphatic rings. The van der Waals surface area contributed by atoms with Crippen molar-refractivity contribution in [3.05, 3.63) is 70.4 Å². The van der Waals surface area contributed by atoms with E-state index in [0.717, 1.165) is 5.56 Å². The van der Waals surface area contributed by atoms with Gasteiger partial charge in [0.1, 0.15) is 11.5 Å². The fourth-order valence-electron chi connectivity index (χ4n) is 1.99. The molecule has 0 unspecified atom stereocenters.